The monoisotopic (exact) mass is 227 g/mol. The SMILES string of the molecule is CCC(CO)(CO)NCCCn1ccnc1. The fraction of sp³-hybridized carbons (Fsp3) is 0.727. The number of imidazole rings is 1. The number of rotatable bonds is 8. The summed E-state index contributed by atoms with van der Waals surface area (Å²) in [7, 11) is 0. The first-order valence-corrected chi connectivity index (χ1v) is 5.69. The molecule has 0 atom stereocenters. The fourth-order valence-electron chi connectivity index (χ4n) is 1.54. The number of nitrogens with one attached hydrogen (secondary N) is 1. The van der Waals surface area contributed by atoms with E-state index in [9.17, 15) is 10.2 Å². The molecule has 0 aliphatic heterocycles. The van der Waals surface area contributed by atoms with Crippen molar-refractivity contribution in [1.82, 2.24) is 14.9 Å². The fourth-order valence-corrected chi connectivity index (χ4v) is 1.54. The Hall–Kier alpha value is -0.910. The van der Waals surface area contributed by atoms with E-state index in [0.29, 0.717) is 6.42 Å². The molecule has 0 saturated heterocycles. The summed E-state index contributed by atoms with van der Waals surface area (Å²) < 4.78 is 2.01. The van der Waals surface area contributed by atoms with Gasteiger partial charge in [0.05, 0.1) is 25.1 Å². The van der Waals surface area contributed by atoms with Crippen molar-refractivity contribution in [2.75, 3.05) is 19.8 Å². The van der Waals surface area contributed by atoms with Crippen LogP contribution in [0.4, 0.5) is 0 Å². The van der Waals surface area contributed by atoms with Gasteiger partial charge in [-0.1, -0.05) is 6.92 Å². The molecule has 0 aromatic carbocycles. The van der Waals surface area contributed by atoms with Crippen LogP contribution in [-0.2, 0) is 6.54 Å². The minimum atomic E-state index is -0.533. The van der Waals surface area contributed by atoms with Gasteiger partial charge in [-0.05, 0) is 19.4 Å². The minimum absolute atomic E-state index is 0.0366. The molecule has 0 spiro atoms. The Balaban J connectivity index is 2.23. The molecular formula is C11H21N3O2. The summed E-state index contributed by atoms with van der Waals surface area (Å²) in [4.78, 5) is 3.96. The molecule has 0 aliphatic carbocycles. The highest BCUT2D eigenvalue weighted by atomic mass is 16.3. The lowest BCUT2D eigenvalue weighted by Crippen LogP contribution is -2.51. The number of aromatic nitrogens is 2. The number of aryl methyl sites for hydroxylation is 1. The van der Waals surface area contributed by atoms with E-state index in [4.69, 9.17) is 0 Å². The molecule has 5 heteroatoms. The van der Waals surface area contributed by atoms with E-state index >= 15 is 0 Å². The molecule has 3 N–H and O–H groups in total. The zero-order valence-electron chi connectivity index (χ0n) is 9.76. The average molecular weight is 227 g/mol. The van der Waals surface area contributed by atoms with Gasteiger partial charge in [0.25, 0.3) is 0 Å². The minimum Gasteiger partial charge on any atom is -0.394 e. The summed E-state index contributed by atoms with van der Waals surface area (Å²) in [5.74, 6) is 0. The number of aliphatic hydroxyl groups is 2. The van der Waals surface area contributed by atoms with E-state index in [2.05, 4.69) is 10.3 Å². The highest BCUT2D eigenvalue weighted by molar-refractivity contribution is 4.85. The molecule has 0 saturated carbocycles. The smallest absolute Gasteiger partial charge is 0.0945 e. The van der Waals surface area contributed by atoms with Gasteiger partial charge in [0.1, 0.15) is 0 Å². The summed E-state index contributed by atoms with van der Waals surface area (Å²) in [5.41, 5.74) is -0.533. The van der Waals surface area contributed by atoms with Crippen molar-refractivity contribution in [3.63, 3.8) is 0 Å². The lowest BCUT2D eigenvalue weighted by atomic mass is 9.98. The topological polar surface area (TPSA) is 70.3 Å². The van der Waals surface area contributed by atoms with Crippen LogP contribution < -0.4 is 5.32 Å². The van der Waals surface area contributed by atoms with Gasteiger partial charge in [-0.2, -0.15) is 0 Å². The molecule has 16 heavy (non-hydrogen) atoms. The third-order valence-corrected chi connectivity index (χ3v) is 2.93. The first-order valence-electron chi connectivity index (χ1n) is 5.69. The Labute approximate surface area is 96.1 Å². The van der Waals surface area contributed by atoms with E-state index in [-0.39, 0.29) is 13.2 Å². The van der Waals surface area contributed by atoms with Crippen molar-refractivity contribution in [2.45, 2.75) is 31.8 Å². The second kappa shape index (κ2) is 6.62. The first kappa shape index (κ1) is 13.2. The highest BCUT2D eigenvalue weighted by Gasteiger charge is 2.24. The maximum absolute atomic E-state index is 9.22. The van der Waals surface area contributed by atoms with Crippen LogP contribution >= 0.6 is 0 Å². The molecule has 0 amide bonds. The summed E-state index contributed by atoms with van der Waals surface area (Å²) in [6.45, 7) is 3.54. The van der Waals surface area contributed by atoms with Crippen LogP contribution in [0, 0.1) is 0 Å². The van der Waals surface area contributed by atoms with Crippen molar-refractivity contribution < 1.29 is 10.2 Å². The lowest BCUT2D eigenvalue weighted by molar-refractivity contribution is 0.0875. The number of aliphatic hydroxyl groups excluding tert-OH is 2. The second-order valence-electron chi connectivity index (χ2n) is 4.03. The zero-order chi connectivity index (χ0) is 11.9. The van der Waals surface area contributed by atoms with Gasteiger partial charge in [0.15, 0.2) is 0 Å². The number of hydrogen-bond acceptors (Lipinski definition) is 4. The highest BCUT2D eigenvalue weighted by Crippen LogP contribution is 2.07. The first-order chi connectivity index (χ1) is 7.76. The predicted molar refractivity (Wildman–Crippen MR) is 62.0 cm³/mol. The van der Waals surface area contributed by atoms with Gasteiger partial charge in [-0.3, -0.25) is 0 Å². The third-order valence-electron chi connectivity index (χ3n) is 2.93. The standard InChI is InChI=1S/C11H21N3O2/c1-2-11(8-15,9-16)13-4-3-6-14-7-5-12-10-14/h5,7,10,13,15-16H,2-4,6,8-9H2,1H3. The van der Waals surface area contributed by atoms with Crippen molar-refractivity contribution in [3.8, 4) is 0 Å². The Morgan fingerprint density at radius 1 is 1.38 bits per heavy atom. The molecule has 1 aromatic rings. The molecule has 0 unspecified atom stereocenters. The van der Waals surface area contributed by atoms with Crippen molar-refractivity contribution >= 4 is 0 Å². The van der Waals surface area contributed by atoms with Crippen LogP contribution in [0.1, 0.15) is 19.8 Å². The summed E-state index contributed by atoms with van der Waals surface area (Å²) in [5, 5.41) is 21.7. The van der Waals surface area contributed by atoms with Crippen LogP contribution in [0.2, 0.25) is 0 Å². The lowest BCUT2D eigenvalue weighted by Gasteiger charge is -2.29. The van der Waals surface area contributed by atoms with E-state index in [1.165, 1.54) is 0 Å². The molecule has 0 fully saturated rings. The van der Waals surface area contributed by atoms with Gasteiger partial charge in [-0.15, -0.1) is 0 Å². The van der Waals surface area contributed by atoms with Gasteiger partial charge in [0, 0.05) is 18.9 Å². The van der Waals surface area contributed by atoms with Crippen LogP contribution in [0.25, 0.3) is 0 Å². The Morgan fingerprint density at radius 2 is 2.12 bits per heavy atom. The Kier molecular flexibility index (Phi) is 5.45. The molecular weight excluding hydrogens is 206 g/mol. The molecule has 0 aliphatic rings. The Bertz CT molecular complexity index is 263. The zero-order valence-corrected chi connectivity index (χ0v) is 9.76. The third kappa shape index (κ3) is 3.59. The molecule has 5 nitrogen and oxygen atoms in total. The quantitative estimate of drug-likeness (QED) is 0.547. The molecule has 92 valence electrons. The average Bonchev–Trinajstić information content (AvgIpc) is 2.83. The summed E-state index contributed by atoms with van der Waals surface area (Å²) in [6, 6.07) is 0. The molecule has 0 bridgehead atoms. The largest absolute Gasteiger partial charge is 0.394 e. The van der Waals surface area contributed by atoms with Crippen LogP contribution in [0.5, 0.6) is 0 Å². The van der Waals surface area contributed by atoms with E-state index in [1.807, 2.05) is 17.7 Å². The molecule has 1 heterocycles. The van der Waals surface area contributed by atoms with Gasteiger partial charge in [0.2, 0.25) is 0 Å². The van der Waals surface area contributed by atoms with Gasteiger partial charge < -0.3 is 20.1 Å². The maximum Gasteiger partial charge on any atom is 0.0945 e. The predicted octanol–water partition coefficient (Wildman–Crippen LogP) is -0.00380. The van der Waals surface area contributed by atoms with Crippen molar-refractivity contribution in [3.05, 3.63) is 18.7 Å². The van der Waals surface area contributed by atoms with Crippen molar-refractivity contribution in [1.29, 1.82) is 0 Å². The molecule has 1 aromatic heterocycles. The maximum atomic E-state index is 9.22. The molecule has 0 radical (unpaired) electrons. The molecule has 1 rings (SSSR count). The number of hydrogen-bond donors (Lipinski definition) is 3. The van der Waals surface area contributed by atoms with E-state index < -0.39 is 5.54 Å². The van der Waals surface area contributed by atoms with Gasteiger partial charge >= 0.3 is 0 Å². The summed E-state index contributed by atoms with van der Waals surface area (Å²) >= 11 is 0. The van der Waals surface area contributed by atoms with Crippen molar-refractivity contribution in [2.24, 2.45) is 0 Å². The number of nitrogens with zero attached hydrogens (tertiary/aromatic N) is 2. The van der Waals surface area contributed by atoms with E-state index in [0.717, 1.165) is 19.5 Å². The van der Waals surface area contributed by atoms with Gasteiger partial charge in [-0.25, -0.2) is 4.98 Å². The van der Waals surface area contributed by atoms with E-state index in [1.54, 1.807) is 12.5 Å². The van der Waals surface area contributed by atoms with Crippen LogP contribution in [0.3, 0.4) is 0 Å². The van der Waals surface area contributed by atoms with Crippen LogP contribution in [0.15, 0.2) is 18.7 Å². The van der Waals surface area contributed by atoms with Crippen LogP contribution in [-0.4, -0.2) is 45.1 Å². The summed E-state index contributed by atoms with van der Waals surface area (Å²) in [6.07, 6.45) is 7.12. The Morgan fingerprint density at radius 3 is 2.62 bits per heavy atom. The second-order valence-corrected chi connectivity index (χ2v) is 4.03. The normalized spacial score (nSPS) is 11.9.